The molecule has 0 aliphatic rings. The molecule has 0 aromatic heterocycles. The van der Waals surface area contributed by atoms with E-state index in [0.717, 1.165) is 0 Å². The molecule has 104 valence electrons. The SMILES string of the molecule is COc1cc(NC(C)C(C)C(=O)O)ccc1[N+](=O)[O-]. The summed E-state index contributed by atoms with van der Waals surface area (Å²) in [5.41, 5.74) is 0.440. The van der Waals surface area contributed by atoms with E-state index in [0.29, 0.717) is 5.69 Å². The van der Waals surface area contributed by atoms with Gasteiger partial charge in [-0.05, 0) is 19.9 Å². The second-order valence-electron chi connectivity index (χ2n) is 4.20. The van der Waals surface area contributed by atoms with Crippen LogP contribution in [0.1, 0.15) is 13.8 Å². The van der Waals surface area contributed by atoms with Gasteiger partial charge < -0.3 is 15.2 Å². The molecule has 0 saturated heterocycles. The number of nitro groups is 1. The second-order valence-corrected chi connectivity index (χ2v) is 4.20. The minimum Gasteiger partial charge on any atom is -0.490 e. The third-order valence-corrected chi connectivity index (χ3v) is 2.91. The van der Waals surface area contributed by atoms with E-state index in [1.165, 1.54) is 25.3 Å². The molecule has 0 amide bonds. The van der Waals surface area contributed by atoms with Gasteiger partial charge in [0.25, 0.3) is 0 Å². The highest BCUT2D eigenvalue weighted by Gasteiger charge is 2.20. The van der Waals surface area contributed by atoms with E-state index in [9.17, 15) is 14.9 Å². The molecule has 0 heterocycles. The van der Waals surface area contributed by atoms with Crippen LogP contribution in [0.25, 0.3) is 0 Å². The van der Waals surface area contributed by atoms with E-state index < -0.39 is 16.8 Å². The fraction of sp³-hybridized carbons (Fsp3) is 0.417. The number of aliphatic carboxylic acids is 1. The van der Waals surface area contributed by atoms with Gasteiger partial charge in [0.2, 0.25) is 0 Å². The average Bonchev–Trinajstić information content (AvgIpc) is 2.36. The summed E-state index contributed by atoms with van der Waals surface area (Å²) in [5, 5.41) is 22.6. The van der Waals surface area contributed by atoms with E-state index >= 15 is 0 Å². The monoisotopic (exact) mass is 268 g/mol. The van der Waals surface area contributed by atoms with Crippen LogP contribution in [0.5, 0.6) is 5.75 Å². The van der Waals surface area contributed by atoms with Crippen molar-refractivity contribution in [3.05, 3.63) is 28.3 Å². The van der Waals surface area contributed by atoms with E-state index in [1.807, 2.05) is 0 Å². The second kappa shape index (κ2) is 6.03. The molecule has 0 aliphatic heterocycles. The number of carboxylic acid groups (broad SMARTS) is 1. The van der Waals surface area contributed by atoms with E-state index in [1.54, 1.807) is 13.8 Å². The molecule has 0 aliphatic carbocycles. The zero-order valence-electron chi connectivity index (χ0n) is 10.9. The lowest BCUT2D eigenvalue weighted by molar-refractivity contribution is -0.385. The highest BCUT2D eigenvalue weighted by molar-refractivity contribution is 5.71. The van der Waals surface area contributed by atoms with Crippen molar-refractivity contribution in [3.63, 3.8) is 0 Å². The third kappa shape index (κ3) is 3.57. The summed E-state index contributed by atoms with van der Waals surface area (Å²) in [4.78, 5) is 21.0. The maximum atomic E-state index is 10.8. The molecule has 0 bridgehead atoms. The van der Waals surface area contributed by atoms with Crippen LogP contribution in [0.4, 0.5) is 11.4 Å². The van der Waals surface area contributed by atoms with Gasteiger partial charge in [-0.1, -0.05) is 0 Å². The fourth-order valence-corrected chi connectivity index (χ4v) is 1.52. The van der Waals surface area contributed by atoms with E-state index in [-0.39, 0.29) is 17.5 Å². The molecule has 2 unspecified atom stereocenters. The van der Waals surface area contributed by atoms with Crippen LogP contribution in [0, 0.1) is 16.0 Å². The molecule has 0 radical (unpaired) electrons. The number of hydrogen-bond donors (Lipinski definition) is 2. The van der Waals surface area contributed by atoms with Crippen molar-refractivity contribution >= 4 is 17.3 Å². The van der Waals surface area contributed by atoms with Gasteiger partial charge in [-0.2, -0.15) is 0 Å². The van der Waals surface area contributed by atoms with Crippen molar-refractivity contribution in [1.29, 1.82) is 0 Å². The van der Waals surface area contributed by atoms with Gasteiger partial charge in [0.15, 0.2) is 5.75 Å². The van der Waals surface area contributed by atoms with E-state index in [2.05, 4.69) is 5.32 Å². The maximum Gasteiger partial charge on any atom is 0.311 e. The molecular weight excluding hydrogens is 252 g/mol. The van der Waals surface area contributed by atoms with Crippen LogP contribution in [0.15, 0.2) is 18.2 Å². The van der Waals surface area contributed by atoms with Crippen molar-refractivity contribution < 1.29 is 19.6 Å². The molecule has 0 spiro atoms. The normalized spacial score (nSPS) is 13.4. The lowest BCUT2D eigenvalue weighted by Crippen LogP contribution is -2.29. The number of carboxylic acids is 1. The Morgan fingerprint density at radius 1 is 1.47 bits per heavy atom. The van der Waals surface area contributed by atoms with Gasteiger partial charge in [-0.3, -0.25) is 14.9 Å². The molecule has 0 saturated carbocycles. The summed E-state index contributed by atoms with van der Waals surface area (Å²) in [5.74, 6) is -1.36. The van der Waals surface area contributed by atoms with Crippen molar-refractivity contribution in [3.8, 4) is 5.75 Å². The Balaban J connectivity index is 2.91. The zero-order chi connectivity index (χ0) is 14.6. The predicted octanol–water partition coefficient (Wildman–Crippen LogP) is 2.12. The van der Waals surface area contributed by atoms with Gasteiger partial charge >= 0.3 is 11.7 Å². The topological polar surface area (TPSA) is 102 Å². The first-order chi connectivity index (χ1) is 8.86. The van der Waals surface area contributed by atoms with Crippen LogP contribution < -0.4 is 10.1 Å². The van der Waals surface area contributed by atoms with Gasteiger partial charge in [0.1, 0.15) is 0 Å². The van der Waals surface area contributed by atoms with Crippen LogP contribution >= 0.6 is 0 Å². The first kappa shape index (κ1) is 14.7. The van der Waals surface area contributed by atoms with Crippen LogP contribution in [-0.4, -0.2) is 29.2 Å². The zero-order valence-corrected chi connectivity index (χ0v) is 10.9. The summed E-state index contributed by atoms with van der Waals surface area (Å²) in [7, 11) is 1.34. The Labute approximate surface area is 110 Å². The first-order valence-corrected chi connectivity index (χ1v) is 5.68. The highest BCUT2D eigenvalue weighted by Crippen LogP contribution is 2.30. The summed E-state index contributed by atoms with van der Waals surface area (Å²) < 4.78 is 4.94. The van der Waals surface area contributed by atoms with Gasteiger partial charge in [0, 0.05) is 23.9 Å². The number of nitro benzene ring substituents is 1. The van der Waals surface area contributed by atoms with Crippen LogP contribution in [0.3, 0.4) is 0 Å². The summed E-state index contributed by atoms with van der Waals surface area (Å²) in [6.45, 7) is 3.31. The molecule has 2 N–H and O–H groups in total. The highest BCUT2D eigenvalue weighted by atomic mass is 16.6. The van der Waals surface area contributed by atoms with Crippen LogP contribution in [0.2, 0.25) is 0 Å². The Morgan fingerprint density at radius 3 is 2.58 bits per heavy atom. The lowest BCUT2D eigenvalue weighted by atomic mass is 10.0. The minimum absolute atomic E-state index is 0.130. The maximum absolute atomic E-state index is 10.8. The predicted molar refractivity (Wildman–Crippen MR) is 69.5 cm³/mol. The number of ether oxygens (including phenoxy) is 1. The Hall–Kier alpha value is -2.31. The van der Waals surface area contributed by atoms with E-state index in [4.69, 9.17) is 9.84 Å². The number of nitrogens with one attached hydrogen (secondary N) is 1. The van der Waals surface area contributed by atoms with Crippen molar-refractivity contribution in [1.82, 2.24) is 0 Å². The minimum atomic E-state index is -0.908. The largest absolute Gasteiger partial charge is 0.490 e. The molecule has 1 aromatic rings. The average molecular weight is 268 g/mol. The third-order valence-electron chi connectivity index (χ3n) is 2.91. The van der Waals surface area contributed by atoms with Gasteiger partial charge in [-0.15, -0.1) is 0 Å². The number of anilines is 1. The number of hydrogen-bond acceptors (Lipinski definition) is 5. The number of nitrogens with zero attached hydrogens (tertiary/aromatic N) is 1. The van der Waals surface area contributed by atoms with Gasteiger partial charge in [0.05, 0.1) is 18.0 Å². The molecule has 7 heteroatoms. The molecule has 19 heavy (non-hydrogen) atoms. The Morgan fingerprint density at radius 2 is 2.11 bits per heavy atom. The lowest BCUT2D eigenvalue weighted by Gasteiger charge is -2.19. The summed E-state index contributed by atoms with van der Waals surface area (Å²) in [6.07, 6.45) is 0. The van der Waals surface area contributed by atoms with Crippen molar-refractivity contribution in [2.45, 2.75) is 19.9 Å². The summed E-state index contributed by atoms with van der Waals surface area (Å²) in [6, 6.07) is 4.00. The first-order valence-electron chi connectivity index (χ1n) is 5.68. The fourth-order valence-electron chi connectivity index (χ4n) is 1.52. The smallest absolute Gasteiger partial charge is 0.311 e. The quantitative estimate of drug-likeness (QED) is 0.605. The van der Waals surface area contributed by atoms with Crippen molar-refractivity contribution in [2.24, 2.45) is 5.92 Å². The molecule has 7 nitrogen and oxygen atoms in total. The van der Waals surface area contributed by atoms with Crippen molar-refractivity contribution in [2.75, 3.05) is 12.4 Å². The van der Waals surface area contributed by atoms with Crippen LogP contribution in [-0.2, 0) is 4.79 Å². The standard InChI is InChI=1S/C12H16N2O5/c1-7(12(15)16)8(2)13-9-4-5-10(14(17)18)11(6-9)19-3/h4-8,13H,1-3H3,(H,15,16). The summed E-state index contributed by atoms with van der Waals surface area (Å²) >= 11 is 0. The number of carbonyl (C=O) groups is 1. The molecule has 1 aromatic carbocycles. The Kier molecular flexibility index (Phi) is 4.68. The molecule has 2 atom stereocenters. The number of methoxy groups -OCH3 is 1. The molecule has 0 fully saturated rings. The Bertz CT molecular complexity index is 489. The molecular formula is C12H16N2O5. The number of benzene rings is 1. The number of rotatable bonds is 6. The molecule has 1 rings (SSSR count). The van der Waals surface area contributed by atoms with Gasteiger partial charge in [-0.25, -0.2) is 0 Å².